The second-order valence-corrected chi connectivity index (χ2v) is 5.97. The lowest BCUT2D eigenvalue weighted by atomic mass is 10.2. The van der Waals surface area contributed by atoms with Crippen LogP contribution in [0.4, 0.5) is 0 Å². The number of nitrogens with one attached hydrogen (secondary N) is 1. The maximum Gasteiger partial charge on any atom is 0.244 e. The fourth-order valence-corrected chi connectivity index (χ4v) is 2.50. The van der Waals surface area contributed by atoms with Gasteiger partial charge in [0, 0.05) is 31.2 Å². The Labute approximate surface area is 154 Å². The summed E-state index contributed by atoms with van der Waals surface area (Å²) in [6.45, 7) is 0.379. The molecular formula is C18H14Cl2N4O. The van der Waals surface area contributed by atoms with Crippen LogP contribution in [0.1, 0.15) is 11.1 Å². The van der Waals surface area contributed by atoms with Gasteiger partial charge in [0.05, 0.1) is 10.0 Å². The number of halogens is 2. The molecule has 0 aliphatic rings. The minimum atomic E-state index is -0.227. The molecule has 3 rings (SSSR count). The van der Waals surface area contributed by atoms with Crippen LogP contribution in [0, 0.1) is 0 Å². The van der Waals surface area contributed by atoms with E-state index in [0.717, 1.165) is 11.4 Å². The van der Waals surface area contributed by atoms with Crippen LogP contribution in [-0.4, -0.2) is 20.4 Å². The molecule has 0 bridgehead atoms. The average Bonchev–Trinajstić information content (AvgIpc) is 3.16. The summed E-state index contributed by atoms with van der Waals surface area (Å²) in [6.07, 6.45) is 9.95. The van der Waals surface area contributed by atoms with Crippen LogP contribution in [0.3, 0.4) is 0 Å². The molecule has 0 atom stereocenters. The number of amides is 1. The van der Waals surface area contributed by atoms with Crippen LogP contribution < -0.4 is 5.32 Å². The number of hydrogen-bond acceptors (Lipinski definition) is 3. The van der Waals surface area contributed by atoms with Crippen molar-refractivity contribution in [2.75, 3.05) is 0 Å². The van der Waals surface area contributed by atoms with E-state index >= 15 is 0 Å². The molecule has 1 N–H and O–H groups in total. The van der Waals surface area contributed by atoms with E-state index in [2.05, 4.69) is 15.3 Å². The summed E-state index contributed by atoms with van der Waals surface area (Å²) in [5, 5.41) is 3.67. The summed E-state index contributed by atoms with van der Waals surface area (Å²) in [5.41, 5.74) is 1.59. The lowest BCUT2D eigenvalue weighted by Gasteiger charge is -2.05. The van der Waals surface area contributed by atoms with Crippen molar-refractivity contribution in [1.82, 2.24) is 19.9 Å². The molecule has 0 spiro atoms. The third-order valence-corrected chi connectivity index (χ3v) is 4.27. The highest BCUT2D eigenvalue weighted by atomic mass is 35.5. The standard InChI is InChI=1S/C18H14Cl2N4O/c19-15-3-1-2-14(18(15)20)5-7-17(25)23-11-13-4-6-16(22-10-13)24-9-8-21-12-24/h1-10,12H,11H2,(H,23,25). The Kier molecular flexibility index (Phi) is 5.48. The number of pyridine rings is 1. The number of imidazole rings is 1. The summed E-state index contributed by atoms with van der Waals surface area (Å²) in [7, 11) is 0. The summed E-state index contributed by atoms with van der Waals surface area (Å²) < 4.78 is 1.81. The van der Waals surface area contributed by atoms with Gasteiger partial charge in [0.15, 0.2) is 0 Å². The SMILES string of the molecule is O=C(C=Cc1cccc(Cl)c1Cl)NCc1ccc(-n2ccnc2)nc1. The molecular weight excluding hydrogens is 359 g/mol. The van der Waals surface area contributed by atoms with Crippen molar-refractivity contribution in [1.29, 1.82) is 0 Å². The molecule has 0 radical (unpaired) electrons. The van der Waals surface area contributed by atoms with E-state index in [9.17, 15) is 4.79 Å². The highest BCUT2D eigenvalue weighted by Crippen LogP contribution is 2.26. The van der Waals surface area contributed by atoms with Crippen LogP contribution in [0.15, 0.2) is 61.3 Å². The van der Waals surface area contributed by atoms with Crippen LogP contribution >= 0.6 is 23.2 Å². The highest BCUT2D eigenvalue weighted by Gasteiger charge is 2.03. The Bertz CT molecular complexity index is 890. The lowest BCUT2D eigenvalue weighted by molar-refractivity contribution is -0.116. The molecule has 0 unspecified atom stereocenters. The van der Waals surface area contributed by atoms with Gasteiger partial charge in [-0.05, 0) is 29.3 Å². The van der Waals surface area contributed by atoms with Crippen molar-refractivity contribution in [3.05, 3.63) is 82.5 Å². The molecule has 5 nitrogen and oxygen atoms in total. The van der Waals surface area contributed by atoms with E-state index in [1.165, 1.54) is 6.08 Å². The third-order valence-electron chi connectivity index (χ3n) is 3.44. The first kappa shape index (κ1) is 17.2. The molecule has 1 aromatic carbocycles. The van der Waals surface area contributed by atoms with Crippen LogP contribution in [-0.2, 0) is 11.3 Å². The van der Waals surface area contributed by atoms with Gasteiger partial charge >= 0.3 is 0 Å². The molecule has 0 aliphatic heterocycles. The molecule has 0 saturated carbocycles. The molecule has 2 aromatic heterocycles. The summed E-state index contributed by atoms with van der Waals surface area (Å²) in [5.74, 6) is 0.540. The molecule has 7 heteroatoms. The maximum absolute atomic E-state index is 11.9. The van der Waals surface area contributed by atoms with Gasteiger partial charge < -0.3 is 5.32 Å². The van der Waals surface area contributed by atoms with Gasteiger partial charge in [-0.25, -0.2) is 9.97 Å². The van der Waals surface area contributed by atoms with Crippen molar-refractivity contribution in [3.63, 3.8) is 0 Å². The average molecular weight is 373 g/mol. The molecule has 25 heavy (non-hydrogen) atoms. The number of rotatable bonds is 5. The van der Waals surface area contributed by atoms with E-state index in [1.807, 2.05) is 18.3 Å². The first-order valence-corrected chi connectivity index (χ1v) is 8.22. The first-order valence-electron chi connectivity index (χ1n) is 7.46. The van der Waals surface area contributed by atoms with E-state index in [1.54, 1.807) is 47.6 Å². The van der Waals surface area contributed by atoms with Gasteiger partial charge in [0.25, 0.3) is 0 Å². The van der Waals surface area contributed by atoms with Crippen molar-refractivity contribution in [2.45, 2.75) is 6.54 Å². The zero-order valence-corrected chi connectivity index (χ0v) is 14.6. The molecule has 3 aromatic rings. The maximum atomic E-state index is 11.9. The van der Waals surface area contributed by atoms with Crippen molar-refractivity contribution < 1.29 is 4.79 Å². The number of carbonyl (C=O) groups excluding carboxylic acids is 1. The number of aromatic nitrogens is 3. The molecule has 0 aliphatic carbocycles. The Hall–Kier alpha value is -2.63. The molecule has 1 amide bonds. The van der Waals surface area contributed by atoms with Crippen molar-refractivity contribution in [3.8, 4) is 5.82 Å². The fourth-order valence-electron chi connectivity index (χ4n) is 2.13. The number of nitrogens with zero attached hydrogens (tertiary/aromatic N) is 3. The minimum Gasteiger partial charge on any atom is -0.348 e. The first-order chi connectivity index (χ1) is 12.1. The summed E-state index contributed by atoms with van der Waals surface area (Å²) in [6, 6.07) is 9.03. The monoisotopic (exact) mass is 372 g/mol. The number of carbonyl (C=O) groups is 1. The fraction of sp³-hybridized carbons (Fsp3) is 0.0556. The van der Waals surface area contributed by atoms with Crippen LogP contribution in [0.5, 0.6) is 0 Å². The largest absolute Gasteiger partial charge is 0.348 e. The van der Waals surface area contributed by atoms with Crippen molar-refractivity contribution >= 4 is 35.2 Å². The minimum absolute atomic E-state index is 0.227. The topological polar surface area (TPSA) is 59.8 Å². The van der Waals surface area contributed by atoms with Gasteiger partial charge in [0.1, 0.15) is 12.1 Å². The zero-order chi connectivity index (χ0) is 17.6. The van der Waals surface area contributed by atoms with E-state index < -0.39 is 0 Å². The van der Waals surface area contributed by atoms with E-state index in [0.29, 0.717) is 22.2 Å². The van der Waals surface area contributed by atoms with Gasteiger partial charge in [-0.15, -0.1) is 0 Å². The van der Waals surface area contributed by atoms with E-state index in [-0.39, 0.29) is 5.91 Å². The predicted octanol–water partition coefficient (Wildman–Crippen LogP) is 3.90. The second-order valence-electron chi connectivity index (χ2n) is 5.19. The third kappa shape index (κ3) is 4.47. The number of benzene rings is 1. The Balaban J connectivity index is 1.57. The summed E-state index contributed by atoms with van der Waals surface area (Å²) >= 11 is 12.0. The normalized spacial score (nSPS) is 11.0. The Morgan fingerprint density at radius 2 is 2.12 bits per heavy atom. The second kappa shape index (κ2) is 7.96. The molecule has 2 heterocycles. The van der Waals surface area contributed by atoms with Crippen LogP contribution in [0.25, 0.3) is 11.9 Å². The van der Waals surface area contributed by atoms with Gasteiger partial charge in [-0.3, -0.25) is 9.36 Å². The van der Waals surface area contributed by atoms with Crippen molar-refractivity contribution in [2.24, 2.45) is 0 Å². The highest BCUT2D eigenvalue weighted by molar-refractivity contribution is 6.42. The molecule has 0 fully saturated rings. The van der Waals surface area contributed by atoms with Gasteiger partial charge in [-0.2, -0.15) is 0 Å². The molecule has 126 valence electrons. The Morgan fingerprint density at radius 3 is 2.84 bits per heavy atom. The smallest absolute Gasteiger partial charge is 0.244 e. The molecule has 0 saturated heterocycles. The Morgan fingerprint density at radius 1 is 1.24 bits per heavy atom. The predicted molar refractivity (Wildman–Crippen MR) is 98.7 cm³/mol. The van der Waals surface area contributed by atoms with Crippen LogP contribution in [0.2, 0.25) is 10.0 Å². The van der Waals surface area contributed by atoms with Gasteiger partial charge in [0.2, 0.25) is 5.91 Å². The summed E-state index contributed by atoms with van der Waals surface area (Å²) in [4.78, 5) is 20.2. The number of hydrogen-bond donors (Lipinski definition) is 1. The lowest BCUT2D eigenvalue weighted by Crippen LogP contribution is -2.20. The van der Waals surface area contributed by atoms with Gasteiger partial charge in [-0.1, -0.05) is 41.4 Å². The quantitative estimate of drug-likeness (QED) is 0.690. The zero-order valence-electron chi connectivity index (χ0n) is 13.1. The van der Waals surface area contributed by atoms with E-state index in [4.69, 9.17) is 23.2 Å².